The van der Waals surface area contributed by atoms with Gasteiger partial charge in [-0.15, -0.1) is 0 Å². The molecule has 1 aromatic heterocycles. The Morgan fingerprint density at radius 2 is 2.41 bits per heavy atom. The summed E-state index contributed by atoms with van der Waals surface area (Å²) in [5.74, 6) is -0.214. The number of hydrogen-bond donors (Lipinski definition) is 1. The average Bonchev–Trinajstić information content (AvgIpc) is 2.38. The lowest BCUT2D eigenvalue weighted by molar-refractivity contribution is 0.0268. The van der Waals surface area contributed by atoms with Crippen molar-refractivity contribution in [2.45, 2.75) is 18.9 Å². The number of nitrogens with one attached hydrogen (secondary N) is 1. The Labute approximate surface area is 99.4 Å². The Hall–Kier alpha value is -1.62. The SMILES string of the molecule is COC1CCCN(C(=O)c2c[nH]ccc2=O)C1. The van der Waals surface area contributed by atoms with Crippen LogP contribution in [0.5, 0.6) is 0 Å². The van der Waals surface area contributed by atoms with Crippen LogP contribution < -0.4 is 5.43 Å². The summed E-state index contributed by atoms with van der Waals surface area (Å²) in [6.07, 6.45) is 4.94. The fourth-order valence-electron chi connectivity index (χ4n) is 2.07. The molecule has 1 aliphatic rings. The first-order valence-corrected chi connectivity index (χ1v) is 5.71. The second-order valence-corrected chi connectivity index (χ2v) is 4.17. The quantitative estimate of drug-likeness (QED) is 0.819. The predicted molar refractivity (Wildman–Crippen MR) is 63.0 cm³/mol. The summed E-state index contributed by atoms with van der Waals surface area (Å²) in [4.78, 5) is 28.1. The molecule has 1 aromatic rings. The van der Waals surface area contributed by atoms with Crippen LogP contribution in [0.1, 0.15) is 23.2 Å². The first kappa shape index (κ1) is 11.9. The fourth-order valence-corrected chi connectivity index (χ4v) is 2.07. The zero-order valence-corrected chi connectivity index (χ0v) is 9.81. The Bertz CT molecular complexity index is 455. The predicted octanol–water partition coefficient (Wildman–Crippen LogP) is 0.626. The molecule has 2 rings (SSSR count). The largest absolute Gasteiger partial charge is 0.380 e. The number of hydrogen-bond acceptors (Lipinski definition) is 3. The van der Waals surface area contributed by atoms with Gasteiger partial charge in [0.25, 0.3) is 5.91 Å². The van der Waals surface area contributed by atoms with Crippen LogP contribution in [-0.2, 0) is 4.74 Å². The number of likely N-dealkylation sites (tertiary alicyclic amines) is 1. The summed E-state index contributed by atoms with van der Waals surface area (Å²) >= 11 is 0. The van der Waals surface area contributed by atoms with E-state index in [-0.39, 0.29) is 23.0 Å². The Morgan fingerprint density at radius 1 is 1.59 bits per heavy atom. The molecule has 1 saturated heterocycles. The third-order valence-electron chi connectivity index (χ3n) is 3.05. The van der Waals surface area contributed by atoms with Crippen molar-refractivity contribution < 1.29 is 9.53 Å². The zero-order valence-electron chi connectivity index (χ0n) is 9.81. The molecular formula is C12H16N2O3. The van der Waals surface area contributed by atoms with Crippen LogP contribution >= 0.6 is 0 Å². The number of piperidine rings is 1. The van der Waals surface area contributed by atoms with Gasteiger partial charge in [0.15, 0.2) is 5.43 Å². The van der Waals surface area contributed by atoms with E-state index in [1.807, 2.05) is 0 Å². The molecule has 0 bridgehead atoms. The molecule has 2 heterocycles. The van der Waals surface area contributed by atoms with E-state index in [4.69, 9.17) is 4.74 Å². The lowest BCUT2D eigenvalue weighted by atomic mass is 10.1. The number of amides is 1. The maximum Gasteiger partial charge on any atom is 0.259 e. The lowest BCUT2D eigenvalue weighted by Gasteiger charge is -2.31. The highest BCUT2D eigenvalue weighted by atomic mass is 16.5. The number of H-pyrrole nitrogens is 1. The summed E-state index contributed by atoms with van der Waals surface area (Å²) in [6.45, 7) is 1.25. The third-order valence-corrected chi connectivity index (χ3v) is 3.05. The van der Waals surface area contributed by atoms with E-state index in [2.05, 4.69) is 4.98 Å². The van der Waals surface area contributed by atoms with E-state index < -0.39 is 0 Å². The molecule has 0 radical (unpaired) electrons. The number of ether oxygens (including phenoxy) is 1. The summed E-state index contributed by atoms with van der Waals surface area (Å²) in [7, 11) is 1.65. The molecule has 1 N–H and O–H groups in total. The van der Waals surface area contributed by atoms with Crippen molar-refractivity contribution in [3.05, 3.63) is 34.2 Å². The molecule has 1 amide bonds. The van der Waals surface area contributed by atoms with Crippen molar-refractivity contribution in [2.24, 2.45) is 0 Å². The maximum atomic E-state index is 12.1. The monoisotopic (exact) mass is 236 g/mol. The van der Waals surface area contributed by atoms with E-state index in [1.54, 1.807) is 12.0 Å². The van der Waals surface area contributed by atoms with E-state index >= 15 is 0 Å². The minimum Gasteiger partial charge on any atom is -0.380 e. The highest BCUT2D eigenvalue weighted by Gasteiger charge is 2.25. The Morgan fingerprint density at radius 3 is 3.12 bits per heavy atom. The topological polar surface area (TPSA) is 62.4 Å². The molecule has 0 saturated carbocycles. The maximum absolute atomic E-state index is 12.1. The third kappa shape index (κ3) is 2.55. The minimum atomic E-state index is -0.242. The van der Waals surface area contributed by atoms with Gasteiger partial charge in [0, 0.05) is 38.7 Å². The number of rotatable bonds is 2. The smallest absolute Gasteiger partial charge is 0.259 e. The number of pyridine rings is 1. The summed E-state index contributed by atoms with van der Waals surface area (Å²) in [5.41, 5.74) is -0.0439. The Kier molecular flexibility index (Phi) is 3.58. The Balaban J connectivity index is 2.15. The summed E-state index contributed by atoms with van der Waals surface area (Å²) in [5, 5.41) is 0. The minimum absolute atomic E-state index is 0.0792. The molecular weight excluding hydrogens is 220 g/mol. The molecule has 1 aliphatic heterocycles. The van der Waals surface area contributed by atoms with Crippen LogP contribution in [-0.4, -0.2) is 42.1 Å². The molecule has 17 heavy (non-hydrogen) atoms. The van der Waals surface area contributed by atoms with Gasteiger partial charge in [-0.3, -0.25) is 9.59 Å². The first-order chi connectivity index (χ1) is 8.22. The van der Waals surface area contributed by atoms with Gasteiger partial charge >= 0.3 is 0 Å². The van der Waals surface area contributed by atoms with Crippen LogP contribution in [0, 0.1) is 0 Å². The van der Waals surface area contributed by atoms with Gasteiger partial charge in [-0.1, -0.05) is 0 Å². The van der Waals surface area contributed by atoms with Crippen LogP contribution in [0.4, 0.5) is 0 Å². The van der Waals surface area contributed by atoms with E-state index in [9.17, 15) is 9.59 Å². The molecule has 0 spiro atoms. The average molecular weight is 236 g/mol. The van der Waals surface area contributed by atoms with Crippen molar-refractivity contribution in [1.29, 1.82) is 0 Å². The number of nitrogens with zero attached hydrogens (tertiary/aromatic N) is 1. The van der Waals surface area contributed by atoms with E-state index in [0.29, 0.717) is 13.1 Å². The number of aromatic nitrogens is 1. The molecule has 92 valence electrons. The van der Waals surface area contributed by atoms with Gasteiger partial charge in [-0.2, -0.15) is 0 Å². The van der Waals surface area contributed by atoms with Crippen molar-refractivity contribution in [1.82, 2.24) is 9.88 Å². The molecule has 0 aromatic carbocycles. The molecule has 5 heteroatoms. The van der Waals surface area contributed by atoms with E-state index in [0.717, 1.165) is 12.8 Å². The number of carbonyl (C=O) groups excluding carboxylic acids is 1. The standard InChI is InChI=1S/C12H16N2O3/c1-17-9-3-2-6-14(8-9)12(16)10-7-13-5-4-11(10)15/h4-5,7,9H,2-3,6,8H2,1H3,(H,13,15). The van der Waals surface area contributed by atoms with Gasteiger partial charge in [-0.25, -0.2) is 0 Å². The molecule has 1 fully saturated rings. The number of carbonyl (C=O) groups is 1. The molecule has 1 unspecified atom stereocenters. The number of methoxy groups -OCH3 is 1. The molecule has 5 nitrogen and oxygen atoms in total. The van der Waals surface area contributed by atoms with Gasteiger partial charge in [0.05, 0.1) is 6.10 Å². The normalized spacial score (nSPS) is 20.3. The van der Waals surface area contributed by atoms with Gasteiger partial charge in [-0.05, 0) is 12.8 Å². The first-order valence-electron chi connectivity index (χ1n) is 5.71. The van der Waals surface area contributed by atoms with Crippen LogP contribution in [0.2, 0.25) is 0 Å². The second-order valence-electron chi connectivity index (χ2n) is 4.17. The van der Waals surface area contributed by atoms with Gasteiger partial charge < -0.3 is 14.6 Å². The summed E-state index contributed by atoms with van der Waals surface area (Å²) in [6, 6.07) is 1.37. The highest BCUT2D eigenvalue weighted by Crippen LogP contribution is 2.14. The van der Waals surface area contributed by atoms with Crippen molar-refractivity contribution in [2.75, 3.05) is 20.2 Å². The zero-order chi connectivity index (χ0) is 12.3. The highest BCUT2D eigenvalue weighted by molar-refractivity contribution is 5.93. The molecule has 1 atom stereocenters. The molecule has 0 aliphatic carbocycles. The lowest BCUT2D eigenvalue weighted by Crippen LogP contribution is -2.44. The second kappa shape index (κ2) is 5.14. The van der Waals surface area contributed by atoms with Crippen LogP contribution in [0.15, 0.2) is 23.3 Å². The number of aromatic amines is 1. The van der Waals surface area contributed by atoms with Crippen LogP contribution in [0.25, 0.3) is 0 Å². The fraction of sp³-hybridized carbons (Fsp3) is 0.500. The van der Waals surface area contributed by atoms with Gasteiger partial charge in [0.1, 0.15) is 5.56 Å². The summed E-state index contributed by atoms with van der Waals surface area (Å²) < 4.78 is 5.26. The van der Waals surface area contributed by atoms with Gasteiger partial charge in [0.2, 0.25) is 0 Å². The van der Waals surface area contributed by atoms with Crippen molar-refractivity contribution in [3.63, 3.8) is 0 Å². The van der Waals surface area contributed by atoms with Crippen LogP contribution in [0.3, 0.4) is 0 Å². The van der Waals surface area contributed by atoms with E-state index in [1.165, 1.54) is 18.5 Å². The van der Waals surface area contributed by atoms with Crippen molar-refractivity contribution >= 4 is 5.91 Å². The van der Waals surface area contributed by atoms with Crippen molar-refractivity contribution in [3.8, 4) is 0 Å².